The van der Waals surface area contributed by atoms with Gasteiger partial charge < -0.3 is 10.1 Å². The zero-order valence-electron chi connectivity index (χ0n) is 17.4. The number of hydrogen-bond donors (Lipinski definition) is 1. The van der Waals surface area contributed by atoms with Crippen molar-refractivity contribution in [3.8, 4) is 0 Å². The molecule has 0 aliphatic heterocycles. The number of carbonyl (C=O) groups excluding carboxylic acids is 1. The van der Waals surface area contributed by atoms with Crippen LogP contribution in [-0.4, -0.2) is 31.6 Å². The lowest BCUT2D eigenvalue weighted by molar-refractivity contribution is -0.132. The second kappa shape index (κ2) is 8.16. The molecular weight excluding hydrogens is 358 g/mol. The van der Waals surface area contributed by atoms with Gasteiger partial charge in [-0.05, 0) is 74.7 Å². The summed E-state index contributed by atoms with van der Waals surface area (Å²) in [4.78, 5) is 12.5. The molecule has 3 fully saturated rings. The predicted molar refractivity (Wildman–Crippen MR) is 112 cm³/mol. The molecule has 0 radical (unpaired) electrons. The Bertz CT molecular complexity index is 591. The zero-order valence-corrected chi connectivity index (χ0v) is 18.2. The van der Waals surface area contributed by atoms with E-state index in [4.69, 9.17) is 4.74 Å². The van der Waals surface area contributed by atoms with Crippen molar-refractivity contribution in [2.24, 2.45) is 28.6 Å². The molecular formula is C23H38ClNO2. The first-order valence-electron chi connectivity index (χ1n) is 11.0. The molecule has 3 nitrogen and oxygen atoms in total. The van der Waals surface area contributed by atoms with E-state index >= 15 is 0 Å². The Labute approximate surface area is 171 Å². The molecule has 0 aromatic carbocycles. The van der Waals surface area contributed by atoms with E-state index in [-0.39, 0.29) is 17.8 Å². The Morgan fingerprint density at radius 3 is 2.67 bits per heavy atom. The molecule has 4 aliphatic carbocycles. The van der Waals surface area contributed by atoms with Crippen LogP contribution in [0.4, 0.5) is 0 Å². The third-order valence-electron chi connectivity index (χ3n) is 8.65. The molecule has 6 atom stereocenters. The molecule has 154 valence electrons. The van der Waals surface area contributed by atoms with E-state index < -0.39 is 0 Å². The zero-order chi connectivity index (χ0) is 18.4. The number of rotatable bonds is 5. The molecule has 4 aliphatic rings. The number of ketones is 1. The topological polar surface area (TPSA) is 38.3 Å². The number of Topliss-reactive ketones (excluding diaryl/α,β-unsaturated/α-hetero) is 1. The first-order valence-corrected chi connectivity index (χ1v) is 11.0. The number of carbonyl (C=O) groups is 1. The molecule has 0 saturated heterocycles. The molecule has 4 heteroatoms. The number of nitrogens with one attached hydrogen (secondary N) is 1. The van der Waals surface area contributed by atoms with Gasteiger partial charge in [0.15, 0.2) is 0 Å². The fourth-order valence-electron chi connectivity index (χ4n) is 7.02. The lowest BCUT2D eigenvalue weighted by Crippen LogP contribution is -2.50. The number of fused-ring (bicyclic) bond motifs is 5. The molecule has 27 heavy (non-hydrogen) atoms. The lowest BCUT2D eigenvalue weighted by Gasteiger charge is -2.57. The van der Waals surface area contributed by atoms with Crippen LogP contribution in [0.2, 0.25) is 0 Å². The summed E-state index contributed by atoms with van der Waals surface area (Å²) >= 11 is 0. The summed E-state index contributed by atoms with van der Waals surface area (Å²) in [7, 11) is 0. The van der Waals surface area contributed by atoms with Gasteiger partial charge in [-0.1, -0.05) is 32.4 Å². The molecule has 0 heterocycles. The molecule has 0 aromatic rings. The minimum Gasteiger partial charge on any atom is -0.377 e. The highest BCUT2D eigenvalue weighted by Crippen LogP contribution is 2.64. The van der Waals surface area contributed by atoms with Crippen LogP contribution in [0.15, 0.2) is 11.6 Å². The van der Waals surface area contributed by atoms with Crippen molar-refractivity contribution in [3.63, 3.8) is 0 Å². The van der Waals surface area contributed by atoms with Gasteiger partial charge in [-0.2, -0.15) is 0 Å². The van der Waals surface area contributed by atoms with E-state index in [2.05, 4.69) is 32.2 Å². The van der Waals surface area contributed by atoms with Gasteiger partial charge in [0.25, 0.3) is 0 Å². The molecule has 0 amide bonds. The Morgan fingerprint density at radius 2 is 1.89 bits per heavy atom. The lowest BCUT2D eigenvalue weighted by atomic mass is 9.48. The van der Waals surface area contributed by atoms with Crippen molar-refractivity contribution >= 4 is 18.2 Å². The van der Waals surface area contributed by atoms with Crippen molar-refractivity contribution in [1.82, 2.24) is 5.32 Å². The highest BCUT2D eigenvalue weighted by molar-refractivity contribution is 5.87. The predicted octanol–water partition coefficient (Wildman–Crippen LogP) is 4.93. The fraction of sp³-hybridized carbons (Fsp3) is 0.870. The molecule has 0 spiro atoms. The number of halogens is 1. The fourth-order valence-corrected chi connectivity index (χ4v) is 7.02. The molecule has 4 rings (SSSR count). The Morgan fingerprint density at radius 1 is 1.15 bits per heavy atom. The SMILES string of the molecule is CCNCCO[C@H]1CC[C@@]2(C)C(=CC[C@@H]3[C@@H]2CC[C@]2(C)C(=O)CC[C@@H]32)C1.Cl. The Kier molecular flexibility index (Phi) is 6.45. The second-order valence-corrected chi connectivity index (χ2v) is 9.77. The number of allylic oxidation sites excluding steroid dienone is 1. The van der Waals surface area contributed by atoms with Crippen LogP contribution in [0.1, 0.15) is 72.1 Å². The minimum atomic E-state index is -0.00450. The quantitative estimate of drug-likeness (QED) is 0.529. The summed E-state index contributed by atoms with van der Waals surface area (Å²) < 4.78 is 6.17. The van der Waals surface area contributed by atoms with Crippen LogP contribution in [-0.2, 0) is 9.53 Å². The van der Waals surface area contributed by atoms with Gasteiger partial charge >= 0.3 is 0 Å². The summed E-state index contributed by atoms with van der Waals surface area (Å²) in [5.41, 5.74) is 2.03. The number of ether oxygens (including phenoxy) is 1. The molecule has 0 aromatic heterocycles. The van der Waals surface area contributed by atoms with Gasteiger partial charge in [0.05, 0.1) is 12.7 Å². The summed E-state index contributed by atoms with van der Waals surface area (Å²) in [5, 5.41) is 3.35. The maximum atomic E-state index is 12.5. The monoisotopic (exact) mass is 395 g/mol. The maximum absolute atomic E-state index is 12.5. The number of likely N-dealkylation sites (N-methyl/N-ethyl adjacent to an activating group) is 1. The van der Waals surface area contributed by atoms with E-state index in [1.165, 1.54) is 25.7 Å². The molecule has 1 N–H and O–H groups in total. The summed E-state index contributed by atoms with van der Waals surface area (Å²) in [6.07, 6.45) is 12.1. The van der Waals surface area contributed by atoms with Crippen LogP contribution in [0, 0.1) is 28.6 Å². The van der Waals surface area contributed by atoms with Crippen LogP contribution in [0.25, 0.3) is 0 Å². The van der Waals surface area contributed by atoms with E-state index in [1.54, 1.807) is 5.57 Å². The third kappa shape index (κ3) is 3.53. The standard InChI is InChI=1S/C23H37NO2.ClH/c1-4-24-13-14-26-17-9-11-22(2)16(15-17)5-6-18-19-7-8-21(25)23(19,3)12-10-20(18)22;/h5,17-20,24H,4,6-15H2,1-3H3;1H/t17-,18-,19-,20-,22-,23-;/m0./s1. The van der Waals surface area contributed by atoms with Gasteiger partial charge in [-0.25, -0.2) is 0 Å². The van der Waals surface area contributed by atoms with E-state index in [0.717, 1.165) is 57.2 Å². The second-order valence-electron chi connectivity index (χ2n) is 9.77. The number of hydrogen-bond acceptors (Lipinski definition) is 3. The summed E-state index contributed by atoms with van der Waals surface area (Å²) in [6.45, 7) is 9.76. The van der Waals surface area contributed by atoms with E-state index in [9.17, 15) is 4.79 Å². The summed E-state index contributed by atoms with van der Waals surface area (Å²) in [6, 6.07) is 0. The van der Waals surface area contributed by atoms with E-state index in [0.29, 0.717) is 23.2 Å². The highest BCUT2D eigenvalue weighted by Gasteiger charge is 2.58. The Balaban J connectivity index is 0.00000210. The van der Waals surface area contributed by atoms with Gasteiger partial charge in [0.1, 0.15) is 5.78 Å². The van der Waals surface area contributed by atoms with Crippen LogP contribution >= 0.6 is 12.4 Å². The largest absolute Gasteiger partial charge is 0.377 e. The normalized spacial score (nSPS) is 43.2. The van der Waals surface area contributed by atoms with Crippen molar-refractivity contribution in [3.05, 3.63) is 11.6 Å². The maximum Gasteiger partial charge on any atom is 0.139 e. The van der Waals surface area contributed by atoms with Crippen LogP contribution in [0.5, 0.6) is 0 Å². The molecule has 0 unspecified atom stereocenters. The van der Waals surface area contributed by atoms with Crippen molar-refractivity contribution in [2.45, 2.75) is 78.2 Å². The first kappa shape index (κ1) is 21.3. The van der Waals surface area contributed by atoms with Crippen molar-refractivity contribution in [2.75, 3.05) is 19.7 Å². The molecule has 0 bridgehead atoms. The van der Waals surface area contributed by atoms with Crippen LogP contribution < -0.4 is 5.32 Å². The smallest absolute Gasteiger partial charge is 0.139 e. The average molecular weight is 396 g/mol. The Hall–Kier alpha value is -0.380. The van der Waals surface area contributed by atoms with E-state index in [1.807, 2.05) is 0 Å². The average Bonchev–Trinajstić information content (AvgIpc) is 2.94. The minimum absolute atomic E-state index is 0. The van der Waals surface area contributed by atoms with Crippen molar-refractivity contribution in [1.29, 1.82) is 0 Å². The third-order valence-corrected chi connectivity index (χ3v) is 8.65. The van der Waals surface area contributed by atoms with Gasteiger partial charge in [-0.3, -0.25) is 4.79 Å². The van der Waals surface area contributed by atoms with Gasteiger partial charge in [0.2, 0.25) is 0 Å². The first-order chi connectivity index (χ1) is 12.5. The van der Waals surface area contributed by atoms with Gasteiger partial charge in [0, 0.05) is 18.4 Å². The summed E-state index contributed by atoms with van der Waals surface area (Å²) in [5.74, 6) is 2.71. The van der Waals surface area contributed by atoms with Crippen molar-refractivity contribution < 1.29 is 9.53 Å². The van der Waals surface area contributed by atoms with Gasteiger partial charge in [-0.15, -0.1) is 12.4 Å². The molecule has 3 saturated carbocycles. The highest BCUT2D eigenvalue weighted by atomic mass is 35.5. The van der Waals surface area contributed by atoms with Crippen LogP contribution in [0.3, 0.4) is 0 Å².